The van der Waals surface area contributed by atoms with E-state index in [1.807, 2.05) is 49.4 Å². The molecule has 1 aliphatic rings. The van der Waals surface area contributed by atoms with Gasteiger partial charge in [-0.05, 0) is 68.2 Å². The summed E-state index contributed by atoms with van der Waals surface area (Å²) in [6, 6.07) is 13.5. The van der Waals surface area contributed by atoms with Crippen LogP contribution in [0.25, 0.3) is 0 Å². The highest BCUT2D eigenvalue weighted by Crippen LogP contribution is 2.30. The zero-order valence-corrected chi connectivity index (χ0v) is 16.3. The minimum Gasteiger partial charge on any atom is -0.493 e. The molecule has 1 heterocycles. The molecule has 2 aromatic rings. The molecule has 0 saturated carbocycles. The Balaban J connectivity index is 1.62. The summed E-state index contributed by atoms with van der Waals surface area (Å²) in [5.74, 6) is 1.25. The fourth-order valence-corrected chi connectivity index (χ4v) is 3.45. The molecule has 0 bridgehead atoms. The lowest BCUT2D eigenvalue weighted by molar-refractivity contribution is 0.0940. The molecule has 1 fully saturated rings. The van der Waals surface area contributed by atoms with E-state index in [1.54, 1.807) is 14.2 Å². The summed E-state index contributed by atoms with van der Waals surface area (Å²) >= 11 is 0. The standard InChI is InChI=1S/C22H28N2O3/c1-16(19-10-11-20(26-2)21(14-19)27-3)23-22(25)18-8-6-17(7-9-18)15-24-12-4-5-13-24/h6-11,14,16H,4-5,12-13,15H2,1-3H3,(H,23,25). The molecule has 0 spiro atoms. The van der Waals surface area contributed by atoms with E-state index < -0.39 is 0 Å². The van der Waals surface area contributed by atoms with Crippen molar-refractivity contribution in [2.45, 2.75) is 32.4 Å². The number of likely N-dealkylation sites (tertiary alicyclic amines) is 1. The van der Waals surface area contributed by atoms with E-state index in [2.05, 4.69) is 10.2 Å². The lowest BCUT2D eigenvalue weighted by Gasteiger charge is -2.17. The van der Waals surface area contributed by atoms with Crippen LogP contribution in [0, 0.1) is 0 Å². The normalized spacial score (nSPS) is 15.4. The average Bonchev–Trinajstić information content (AvgIpc) is 3.20. The van der Waals surface area contributed by atoms with Crippen LogP contribution in [0.15, 0.2) is 42.5 Å². The second-order valence-corrected chi connectivity index (χ2v) is 6.99. The summed E-state index contributed by atoms with van der Waals surface area (Å²) in [7, 11) is 3.21. The van der Waals surface area contributed by atoms with Crippen LogP contribution < -0.4 is 14.8 Å². The second kappa shape index (κ2) is 8.91. The number of methoxy groups -OCH3 is 2. The highest BCUT2D eigenvalue weighted by Gasteiger charge is 2.15. The molecule has 0 aliphatic carbocycles. The van der Waals surface area contributed by atoms with E-state index in [1.165, 1.54) is 31.5 Å². The van der Waals surface area contributed by atoms with Crippen LogP contribution in [0.5, 0.6) is 11.5 Å². The van der Waals surface area contributed by atoms with Crippen molar-refractivity contribution in [2.75, 3.05) is 27.3 Å². The van der Waals surface area contributed by atoms with Crippen molar-refractivity contribution < 1.29 is 14.3 Å². The number of nitrogens with zero attached hydrogens (tertiary/aromatic N) is 1. The number of hydrogen-bond acceptors (Lipinski definition) is 4. The first-order chi connectivity index (χ1) is 13.1. The number of nitrogens with one attached hydrogen (secondary N) is 1. The van der Waals surface area contributed by atoms with Gasteiger partial charge in [-0.25, -0.2) is 0 Å². The van der Waals surface area contributed by atoms with Crippen molar-refractivity contribution in [2.24, 2.45) is 0 Å². The highest BCUT2D eigenvalue weighted by atomic mass is 16.5. The summed E-state index contributed by atoms with van der Waals surface area (Å²) in [6.07, 6.45) is 2.57. The minimum atomic E-state index is -0.137. The maximum atomic E-state index is 12.6. The Bertz CT molecular complexity index is 768. The summed E-state index contributed by atoms with van der Waals surface area (Å²) in [6.45, 7) is 5.26. The minimum absolute atomic E-state index is 0.0787. The zero-order valence-electron chi connectivity index (χ0n) is 16.3. The van der Waals surface area contributed by atoms with Crippen LogP contribution in [0.4, 0.5) is 0 Å². The van der Waals surface area contributed by atoms with Gasteiger partial charge in [0.25, 0.3) is 5.91 Å². The smallest absolute Gasteiger partial charge is 0.251 e. The molecule has 1 N–H and O–H groups in total. The molecule has 1 unspecified atom stereocenters. The molecule has 27 heavy (non-hydrogen) atoms. The van der Waals surface area contributed by atoms with Crippen molar-refractivity contribution in [3.8, 4) is 11.5 Å². The third kappa shape index (κ3) is 4.80. The summed E-state index contributed by atoms with van der Waals surface area (Å²) in [5, 5.41) is 3.05. The van der Waals surface area contributed by atoms with Crippen molar-refractivity contribution in [3.05, 3.63) is 59.2 Å². The monoisotopic (exact) mass is 368 g/mol. The zero-order chi connectivity index (χ0) is 19.2. The summed E-state index contributed by atoms with van der Waals surface area (Å²) in [5.41, 5.74) is 2.89. The Labute approximate surface area is 161 Å². The summed E-state index contributed by atoms with van der Waals surface area (Å²) in [4.78, 5) is 15.0. The molecule has 3 rings (SSSR count). The number of rotatable bonds is 7. The van der Waals surface area contributed by atoms with Crippen molar-refractivity contribution >= 4 is 5.91 Å². The third-order valence-electron chi connectivity index (χ3n) is 5.08. The SMILES string of the molecule is COc1ccc(C(C)NC(=O)c2ccc(CN3CCCC3)cc2)cc1OC. The Hall–Kier alpha value is -2.53. The maximum absolute atomic E-state index is 12.6. The predicted molar refractivity (Wildman–Crippen MR) is 106 cm³/mol. The van der Waals surface area contributed by atoms with Gasteiger partial charge in [0.05, 0.1) is 20.3 Å². The average molecular weight is 368 g/mol. The predicted octanol–water partition coefficient (Wildman–Crippen LogP) is 3.79. The van der Waals surface area contributed by atoms with E-state index in [0.29, 0.717) is 17.1 Å². The fourth-order valence-electron chi connectivity index (χ4n) is 3.45. The van der Waals surface area contributed by atoms with Crippen LogP contribution in [0.2, 0.25) is 0 Å². The van der Waals surface area contributed by atoms with Gasteiger partial charge in [-0.15, -0.1) is 0 Å². The largest absolute Gasteiger partial charge is 0.493 e. The van der Waals surface area contributed by atoms with Crippen molar-refractivity contribution in [3.63, 3.8) is 0 Å². The Morgan fingerprint density at radius 1 is 1.04 bits per heavy atom. The first kappa shape index (κ1) is 19.2. The van der Waals surface area contributed by atoms with Gasteiger partial charge in [-0.2, -0.15) is 0 Å². The molecular formula is C22H28N2O3. The molecule has 2 aromatic carbocycles. The topological polar surface area (TPSA) is 50.8 Å². The van der Waals surface area contributed by atoms with Gasteiger partial charge in [0.15, 0.2) is 11.5 Å². The molecule has 0 aromatic heterocycles. The quantitative estimate of drug-likeness (QED) is 0.808. The number of carbonyl (C=O) groups is 1. The molecule has 5 nitrogen and oxygen atoms in total. The van der Waals surface area contributed by atoms with Crippen LogP contribution in [-0.4, -0.2) is 38.1 Å². The first-order valence-corrected chi connectivity index (χ1v) is 9.45. The second-order valence-electron chi connectivity index (χ2n) is 6.99. The fraction of sp³-hybridized carbons (Fsp3) is 0.409. The van der Waals surface area contributed by atoms with Crippen molar-refractivity contribution in [1.82, 2.24) is 10.2 Å². The van der Waals surface area contributed by atoms with Crippen LogP contribution in [0.1, 0.15) is 47.3 Å². The van der Waals surface area contributed by atoms with Gasteiger partial charge < -0.3 is 14.8 Å². The van der Waals surface area contributed by atoms with E-state index in [0.717, 1.165) is 12.1 Å². The van der Waals surface area contributed by atoms with Gasteiger partial charge in [-0.3, -0.25) is 9.69 Å². The molecule has 144 valence electrons. The van der Waals surface area contributed by atoms with E-state index in [4.69, 9.17) is 9.47 Å². The van der Waals surface area contributed by atoms with E-state index >= 15 is 0 Å². The highest BCUT2D eigenvalue weighted by molar-refractivity contribution is 5.94. The third-order valence-corrected chi connectivity index (χ3v) is 5.08. The van der Waals surface area contributed by atoms with Crippen LogP contribution >= 0.6 is 0 Å². The van der Waals surface area contributed by atoms with Gasteiger partial charge in [0, 0.05) is 12.1 Å². The molecule has 1 saturated heterocycles. The molecular weight excluding hydrogens is 340 g/mol. The Kier molecular flexibility index (Phi) is 6.35. The summed E-state index contributed by atoms with van der Waals surface area (Å²) < 4.78 is 10.6. The van der Waals surface area contributed by atoms with Crippen molar-refractivity contribution in [1.29, 1.82) is 0 Å². The maximum Gasteiger partial charge on any atom is 0.251 e. The van der Waals surface area contributed by atoms with E-state index in [9.17, 15) is 4.79 Å². The van der Waals surface area contributed by atoms with Crippen LogP contribution in [-0.2, 0) is 6.54 Å². The Morgan fingerprint density at radius 2 is 1.70 bits per heavy atom. The first-order valence-electron chi connectivity index (χ1n) is 9.45. The number of carbonyl (C=O) groups excluding carboxylic acids is 1. The molecule has 1 amide bonds. The van der Waals surface area contributed by atoms with E-state index in [-0.39, 0.29) is 11.9 Å². The van der Waals surface area contributed by atoms with Crippen LogP contribution in [0.3, 0.4) is 0 Å². The Morgan fingerprint density at radius 3 is 2.33 bits per heavy atom. The number of benzene rings is 2. The lowest BCUT2D eigenvalue weighted by Crippen LogP contribution is -2.26. The molecule has 0 radical (unpaired) electrons. The van der Waals surface area contributed by atoms with Gasteiger partial charge >= 0.3 is 0 Å². The van der Waals surface area contributed by atoms with Gasteiger partial charge in [0.2, 0.25) is 0 Å². The molecule has 1 aliphatic heterocycles. The molecule has 5 heteroatoms. The number of ether oxygens (including phenoxy) is 2. The lowest BCUT2D eigenvalue weighted by atomic mass is 10.1. The molecule has 1 atom stereocenters. The number of hydrogen-bond donors (Lipinski definition) is 1. The number of amides is 1. The van der Waals surface area contributed by atoms with Gasteiger partial charge in [0.1, 0.15) is 0 Å². The van der Waals surface area contributed by atoms with Gasteiger partial charge in [-0.1, -0.05) is 18.2 Å².